The van der Waals surface area contributed by atoms with Crippen molar-refractivity contribution in [3.8, 4) is 0 Å². The van der Waals surface area contributed by atoms with Crippen LogP contribution in [0.5, 0.6) is 0 Å². The van der Waals surface area contributed by atoms with Crippen molar-refractivity contribution < 1.29 is 29.0 Å². The fraction of sp³-hybridized carbons (Fsp3) is 0.0435. The Kier molecular flexibility index (Phi) is 7.30. The molecule has 0 spiro atoms. The van der Waals surface area contributed by atoms with E-state index in [1.165, 1.54) is 34.0 Å². The van der Waals surface area contributed by atoms with Gasteiger partial charge in [-0.1, -0.05) is 78.9 Å². The summed E-state index contributed by atoms with van der Waals surface area (Å²) in [6.45, 7) is 0.0735. The molecule has 1 N–H and O–H groups in total. The van der Waals surface area contributed by atoms with Crippen molar-refractivity contribution >= 4 is 121 Å². The van der Waals surface area contributed by atoms with Gasteiger partial charge in [-0.15, -0.1) is 34.0 Å². The van der Waals surface area contributed by atoms with Crippen LogP contribution in [-0.4, -0.2) is 33.1 Å². The molecule has 0 saturated heterocycles. The smallest absolute Gasteiger partial charge is 0.419 e. The summed E-state index contributed by atoms with van der Waals surface area (Å²) in [5.41, 5.74) is 4.45. The second-order valence-corrected chi connectivity index (χ2v) is 17.2. The third-order valence-electron chi connectivity index (χ3n) is 10.6. The van der Waals surface area contributed by atoms with Crippen molar-refractivity contribution in [2.75, 3.05) is 0 Å². The molecule has 56 heavy (non-hydrogen) atoms. The van der Waals surface area contributed by atoms with Gasteiger partial charge in [0.1, 0.15) is 12.7 Å². The summed E-state index contributed by atoms with van der Waals surface area (Å²) in [5.74, 6) is -0.814. The van der Waals surface area contributed by atoms with E-state index in [-0.39, 0.29) is 35.1 Å². The van der Waals surface area contributed by atoms with E-state index < -0.39 is 12.2 Å². The Morgan fingerprint density at radius 2 is 1.23 bits per heavy atom. The number of rotatable bonds is 4. The summed E-state index contributed by atoms with van der Waals surface area (Å²) < 4.78 is 11.0. The van der Waals surface area contributed by atoms with Crippen LogP contribution in [0.2, 0.25) is 0 Å². The van der Waals surface area contributed by atoms with Gasteiger partial charge in [-0.05, 0) is 81.2 Å². The first-order valence-electron chi connectivity index (χ1n) is 17.8. The summed E-state index contributed by atoms with van der Waals surface area (Å²) in [4.78, 5) is 56.3. The molecule has 0 bridgehead atoms. The number of carbonyl (C=O) groups excluding carboxylic acids is 4. The quantitative estimate of drug-likeness (QED) is 0.141. The molecule has 1 unspecified atom stereocenters. The highest BCUT2D eigenvalue weighted by Gasteiger charge is 2.35. The Labute approximate surface area is 329 Å². The van der Waals surface area contributed by atoms with Crippen LogP contribution in [0.25, 0.3) is 63.5 Å². The van der Waals surface area contributed by atoms with Crippen molar-refractivity contribution in [3.05, 3.63) is 164 Å². The number of aliphatic hydroxyl groups is 1. The molecule has 7 nitrogen and oxygen atoms in total. The minimum Gasteiger partial charge on any atom is -0.444 e. The van der Waals surface area contributed by atoms with Gasteiger partial charge in [0.15, 0.2) is 17.3 Å². The SMILES string of the molecule is O=C1C(=Cc2cc3sc4c5sc(/C=C6\C(=O)c7cc8ccccc8cc7C6O)cc5n(C(=O)OCc5ccccc5)c4c3s2)C(=O)c2cc3ccccc3cc21. The Balaban J connectivity index is 1.01. The monoisotopic (exact) mass is 783 g/mol. The second kappa shape index (κ2) is 12.4. The van der Waals surface area contributed by atoms with E-state index in [1.807, 2.05) is 103 Å². The number of aromatic nitrogens is 1. The van der Waals surface area contributed by atoms with Crippen molar-refractivity contribution in [1.82, 2.24) is 4.57 Å². The fourth-order valence-electron chi connectivity index (χ4n) is 7.92. The first-order chi connectivity index (χ1) is 27.3. The van der Waals surface area contributed by atoms with Crippen LogP contribution in [0, 0.1) is 0 Å². The van der Waals surface area contributed by atoms with Crippen LogP contribution in [0.15, 0.2) is 126 Å². The number of fused-ring (bicyclic) bond motifs is 9. The molecule has 1 atom stereocenters. The zero-order chi connectivity index (χ0) is 37.8. The van der Waals surface area contributed by atoms with Crippen LogP contribution >= 0.6 is 34.0 Å². The third-order valence-corrected chi connectivity index (χ3v) is 14.2. The molecule has 0 radical (unpaired) electrons. The molecule has 11 rings (SSSR count). The van der Waals surface area contributed by atoms with E-state index in [0.29, 0.717) is 38.2 Å². The molecule has 0 aliphatic heterocycles. The summed E-state index contributed by atoms with van der Waals surface area (Å²) in [6.07, 6.45) is 1.76. The molecule has 268 valence electrons. The van der Waals surface area contributed by atoms with E-state index in [2.05, 4.69) is 0 Å². The number of thiophene rings is 3. The third kappa shape index (κ3) is 4.97. The highest BCUT2D eigenvalue weighted by Crippen LogP contribution is 2.48. The molecule has 2 aliphatic rings. The molecular formula is C46H25NO6S3. The zero-order valence-electron chi connectivity index (χ0n) is 29.1. The van der Waals surface area contributed by atoms with Gasteiger partial charge in [0, 0.05) is 36.7 Å². The number of allylic oxidation sites excluding steroid dienone is 1. The topological polar surface area (TPSA) is 103 Å². The zero-order valence-corrected chi connectivity index (χ0v) is 31.5. The number of hydrogen-bond acceptors (Lipinski definition) is 9. The number of nitrogens with zero attached hydrogens (tertiary/aromatic N) is 1. The maximum Gasteiger partial charge on any atom is 0.419 e. The van der Waals surface area contributed by atoms with Crippen molar-refractivity contribution in [2.24, 2.45) is 0 Å². The van der Waals surface area contributed by atoms with E-state index >= 15 is 0 Å². The maximum absolute atomic E-state index is 14.1. The minimum atomic E-state index is -1.08. The molecule has 0 saturated carbocycles. The highest BCUT2D eigenvalue weighted by molar-refractivity contribution is 7.36. The molecule has 4 heterocycles. The fourth-order valence-corrected chi connectivity index (χ4v) is 11.7. The van der Waals surface area contributed by atoms with Gasteiger partial charge in [-0.2, -0.15) is 0 Å². The first-order valence-corrected chi connectivity index (χ1v) is 20.3. The molecule has 2 aliphatic carbocycles. The molecular weight excluding hydrogens is 759 g/mol. The van der Waals surface area contributed by atoms with Gasteiger partial charge in [-0.3, -0.25) is 14.4 Å². The highest BCUT2D eigenvalue weighted by atomic mass is 32.1. The van der Waals surface area contributed by atoms with Gasteiger partial charge in [-0.25, -0.2) is 9.36 Å². The number of ether oxygens (including phenoxy) is 1. The number of hydrogen-bond donors (Lipinski definition) is 1. The molecule has 9 aromatic rings. The molecule has 0 fully saturated rings. The molecule has 5 aromatic carbocycles. The van der Waals surface area contributed by atoms with Crippen molar-refractivity contribution in [1.29, 1.82) is 0 Å². The summed E-state index contributed by atoms with van der Waals surface area (Å²) in [5, 5.41) is 15.0. The minimum absolute atomic E-state index is 0.0735. The maximum atomic E-state index is 14.1. The summed E-state index contributed by atoms with van der Waals surface area (Å²) >= 11 is 4.37. The van der Waals surface area contributed by atoms with Crippen LogP contribution in [0.4, 0.5) is 4.79 Å². The van der Waals surface area contributed by atoms with Gasteiger partial charge in [0.05, 0.1) is 30.7 Å². The predicted molar refractivity (Wildman–Crippen MR) is 224 cm³/mol. The lowest BCUT2D eigenvalue weighted by molar-refractivity contribution is 0.0986. The van der Waals surface area contributed by atoms with Crippen LogP contribution in [0.1, 0.15) is 58.1 Å². The van der Waals surface area contributed by atoms with Gasteiger partial charge in [0.25, 0.3) is 0 Å². The molecule has 10 heteroatoms. The van der Waals surface area contributed by atoms with Gasteiger partial charge >= 0.3 is 6.09 Å². The predicted octanol–water partition coefficient (Wildman–Crippen LogP) is 11.4. The second-order valence-electron chi connectivity index (χ2n) is 13.9. The standard InChI is InChI=1S/C46H25NO6S3/c48-39-30-14-24-10-4-5-11-25(24)15-31(30)40(49)34(39)18-28-20-36-43(54-28)45-38(47(36)46(52)53-22-23-8-2-1-3-9-23)44-37(56-45)21-29(55-44)19-35-41(50)32-16-26-12-6-7-13-27(26)17-33(32)42(35)51/h1-21,39,48H,22H2/b34-18-. The Morgan fingerprint density at radius 1 is 0.643 bits per heavy atom. The van der Waals surface area contributed by atoms with Crippen LogP contribution < -0.4 is 0 Å². The summed E-state index contributed by atoms with van der Waals surface area (Å²) in [6, 6.07) is 36.0. The van der Waals surface area contributed by atoms with E-state index in [4.69, 9.17) is 4.74 Å². The average molecular weight is 784 g/mol. The summed E-state index contributed by atoms with van der Waals surface area (Å²) in [7, 11) is 0. The Hall–Kier alpha value is -6.30. The lowest BCUT2D eigenvalue weighted by Gasteiger charge is -2.07. The Morgan fingerprint density at radius 3 is 1.91 bits per heavy atom. The number of Topliss-reactive ketones (excluding diaryl/α,β-unsaturated/α-hetero) is 3. The van der Waals surface area contributed by atoms with Crippen molar-refractivity contribution in [3.63, 3.8) is 0 Å². The van der Waals surface area contributed by atoms with Gasteiger partial charge < -0.3 is 9.84 Å². The number of aliphatic hydroxyl groups excluding tert-OH is 1. The lowest BCUT2D eigenvalue weighted by atomic mass is 10.0. The number of ketones is 3. The molecule has 0 amide bonds. The van der Waals surface area contributed by atoms with Crippen molar-refractivity contribution in [2.45, 2.75) is 12.7 Å². The first kappa shape index (κ1) is 33.1. The number of carbonyl (C=O) groups is 4. The lowest BCUT2D eigenvalue weighted by Crippen LogP contribution is -2.13. The largest absolute Gasteiger partial charge is 0.444 e. The average Bonchev–Trinajstić information content (AvgIpc) is 4.04. The van der Waals surface area contributed by atoms with E-state index in [9.17, 15) is 24.3 Å². The van der Waals surface area contributed by atoms with Crippen LogP contribution in [-0.2, 0) is 11.3 Å². The normalized spacial score (nSPS) is 16.0. The Bertz CT molecular complexity index is 3240. The van der Waals surface area contributed by atoms with E-state index in [1.54, 1.807) is 28.9 Å². The number of benzene rings is 5. The van der Waals surface area contributed by atoms with Crippen LogP contribution in [0.3, 0.4) is 0 Å². The van der Waals surface area contributed by atoms with E-state index in [0.717, 1.165) is 50.8 Å². The van der Waals surface area contributed by atoms with Gasteiger partial charge in [0.2, 0.25) is 0 Å². The molecule has 4 aromatic heterocycles.